The molecule has 0 radical (unpaired) electrons. The molecule has 0 aliphatic heterocycles. The third-order valence-corrected chi connectivity index (χ3v) is 3.48. The quantitative estimate of drug-likeness (QED) is 0.559. The Labute approximate surface area is 113 Å². The first-order chi connectivity index (χ1) is 9.10. The minimum atomic E-state index is -0.348. The predicted molar refractivity (Wildman–Crippen MR) is 75.0 cm³/mol. The molecule has 1 rings (SSSR count). The average Bonchev–Trinajstić information content (AvgIpc) is 2.39. The molecule has 5 heteroatoms. The third kappa shape index (κ3) is 4.61. The predicted octanol–water partition coefficient (Wildman–Crippen LogP) is 2.40. The van der Waals surface area contributed by atoms with Crippen molar-refractivity contribution < 1.29 is 10.0 Å². The Morgan fingerprint density at radius 1 is 1.47 bits per heavy atom. The number of benzene rings is 1. The number of aliphatic hydroxyl groups excluding tert-OH is 1. The van der Waals surface area contributed by atoms with Crippen molar-refractivity contribution in [3.05, 3.63) is 39.4 Å². The number of nitro benzene ring substituents is 1. The van der Waals surface area contributed by atoms with Gasteiger partial charge in [-0.15, -0.1) is 0 Å². The summed E-state index contributed by atoms with van der Waals surface area (Å²) in [6.07, 6.45) is 1.80. The Kier molecular flexibility index (Phi) is 6.45. The van der Waals surface area contributed by atoms with Crippen LogP contribution in [-0.2, 0) is 6.54 Å². The van der Waals surface area contributed by atoms with Gasteiger partial charge in [0, 0.05) is 24.8 Å². The largest absolute Gasteiger partial charge is 0.396 e. The van der Waals surface area contributed by atoms with Crippen molar-refractivity contribution in [3.8, 4) is 0 Å². The Morgan fingerprint density at radius 2 is 2.21 bits per heavy atom. The zero-order chi connectivity index (χ0) is 14.3. The van der Waals surface area contributed by atoms with E-state index in [1.165, 1.54) is 6.07 Å². The standard InChI is InChI=1S/C14H22N2O3/c1-3-12(7-8-17)9-15-10-13-5-4-6-14(11(13)2)16(18)19/h4-6,12,15,17H,3,7-10H2,1-2H3. The molecule has 0 saturated heterocycles. The maximum Gasteiger partial charge on any atom is 0.272 e. The molecule has 2 N–H and O–H groups in total. The molecule has 0 bridgehead atoms. The van der Waals surface area contributed by atoms with Gasteiger partial charge in [-0.2, -0.15) is 0 Å². The van der Waals surface area contributed by atoms with Crippen LogP contribution in [0, 0.1) is 23.0 Å². The third-order valence-electron chi connectivity index (χ3n) is 3.48. The van der Waals surface area contributed by atoms with Crippen LogP contribution >= 0.6 is 0 Å². The van der Waals surface area contributed by atoms with Gasteiger partial charge in [0.2, 0.25) is 0 Å². The Hall–Kier alpha value is -1.46. The number of aliphatic hydroxyl groups is 1. The number of hydrogen-bond donors (Lipinski definition) is 2. The van der Waals surface area contributed by atoms with E-state index in [2.05, 4.69) is 12.2 Å². The smallest absolute Gasteiger partial charge is 0.272 e. The van der Waals surface area contributed by atoms with E-state index in [1.807, 2.05) is 6.07 Å². The van der Waals surface area contributed by atoms with Crippen LogP contribution in [0.25, 0.3) is 0 Å². The molecule has 0 amide bonds. The lowest BCUT2D eigenvalue weighted by molar-refractivity contribution is -0.385. The number of nitrogens with one attached hydrogen (secondary N) is 1. The van der Waals surface area contributed by atoms with Crippen LogP contribution in [0.15, 0.2) is 18.2 Å². The molecule has 0 spiro atoms. The molecule has 106 valence electrons. The first-order valence-electron chi connectivity index (χ1n) is 6.64. The van der Waals surface area contributed by atoms with Crippen LogP contribution in [0.3, 0.4) is 0 Å². The minimum Gasteiger partial charge on any atom is -0.396 e. The molecule has 0 aliphatic carbocycles. The van der Waals surface area contributed by atoms with Crippen LogP contribution in [0.1, 0.15) is 30.9 Å². The Bertz CT molecular complexity index is 421. The lowest BCUT2D eigenvalue weighted by atomic mass is 10.0. The maximum absolute atomic E-state index is 10.8. The maximum atomic E-state index is 10.8. The van der Waals surface area contributed by atoms with Crippen molar-refractivity contribution >= 4 is 5.69 Å². The summed E-state index contributed by atoms with van der Waals surface area (Å²) in [5, 5.41) is 23.1. The van der Waals surface area contributed by atoms with E-state index in [9.17, 15) is 10.1 Å². The second kappa shape index (κ2) is 7.86. The summed E-state index contributed by atoms with van der Waals surface area (Å²) in [6.45, 7) is 5.52. The monoisotopic (exact) mass is 266 g/mol. The van der Waals surface area contributed by atoms with Gasteiger partial charge in [-0.1, -0.05) is 25.5 Å². The van der Waals surface area contributed by atoms with Crippen molar-refractivity contribution in [1.29, 1.82) is 0 Å². The number of nitro groups is 1. The zero-order valence-corrected chi connectivity index (χ0v) is 11.6. The highest BCUT2D eigenvalue weighted by molar-refractivity contribution is 5.44. The van der Waals surface area contributed by atoms with E-state index < -0.39 is 0 Å². The van der Waals surface area contributed by atoms with Gasteiger partial charge in [0.1, 0.15) is 0 Å². The van der Waals surface area contributed by atoms with Gasteiger partial charge in [-0.05, 0) is 31.4 Å². The molecule has 5 nitrogen and oxygen atoms in total. The van der Waals surface area contributed by atoms with Gasteiger partial charge in [0.25, 0.3) is 5.69 Å². The van der Waals surface area contributed by atoms with E-state index in [0.717, 1.165) is 30.5 Å². The lowest BCUT2D eigenvalue weighted by Gasteiger charge is -2.15. The molecule has 1 aromatic carbocycles. The fourth-order valence-electron chi connectivity index (χ4n) is 2.10. The molecular weight excluding hydrogens is 244 g/mol. The molecule has 1 atom stereocenters. The van der Waals surface area contributed by atoms with Gasteiger partial charge < -0.3 is 10.4 Å². The fraction of sp³-hybridized carbons (Fsp3) is 0.571. The van der Waals surface area contributed by atoms with Gasteiger partial charge in [0.05, 0.1) is 4.92 Å². The van der Waals surface area contributed by atoms with Crippen LogP contribution in [0.2, 0.25) is 0 Å². The number of rotatable bonds is 8. The molecule has 19 heavy (non-hydrogen) atoms. The molecule has 0 saturated carbocycles. The summed E-state index contributed by atoms with van der Waals surface area (Å²) in [5.41, 5.74) is 1.84. The molecule has 0 aliphatic rings. The minimum absolute atomic E-state index is 0.168. The average molecular weight is 266 g/mol. The van der Waals surface area contributed by atoms with Crippen molar-refractivity contribution in [2.45, 2.75) is 33.2 Å². The van der Waals surface area contributed by atoms with Crippen molar-refractivity contribution in [2.24, 2.45) is 5.92 Å². The van der Waals surface area contributed by atoms with Crippen molar-refractivity contribution in [3.63, 3.8) is 0 Å². The Balaban J connectivity index is 2.58. The van der Waals surface area contributed by atoms with Crippen LogP contribution in [0.5, 0.6) is 0 Å². The summed E-state index contributed by atoms with van der Waals surface area (Å²) in [6, 6.07) is 5.15. The van der Waals surface area contributed by atoms with Crippen LogP contribution in [0.4, 0.5) is 5.69 Å². The highest BCUT2D eigenvalue weighted by Gasteiger charge is 2.13. The second-order valence-corrected chi connectivity index (χ2v) is 4.74. The Morgan fingerprint density at radius 3 is 2.79 bits per heavy atom. The van der Waals surface area contributed by atoms with E-state index in [4.69, 9.17) is 5.11 Å². The van der Waals surface area contributed by atoms with E-state index in [1.54, 1.807) is 13.0 Å². The first-order valence-corrected chi connectivity index (χ1v) is 6.64. The molecule has 0 fully saturated rings. The van der Waals surface area contributed by atoms with E-state index in [-0.39, 0.29) is 17.2 Å². The van der Waals surface area contributed by atoms with Gasteiger partial charge in [0.15, 0.2) is 0 Å². The molecule has 1 unspecified atom stereocenters. The van der Waals surface area contributed by atoms with E-state index >= 15 is 0 Å². The van der Waals surface area contributed by atoms with Crippen LogP contribution in [-0.4, -0.2) is 23.2 Å². The summed E-state index contributed by atoms with van der Waals surface area (Å²) < 4.78 is 0. The van der Waals surface area contributed by atoms with Crippen LogP contribution < -0.4 is 5.32 Å². The van der Waals surface area contributed by atoms with Gasteiger partial charge >= 0.3 is 0 Å². The number of nitrogens with zero attached hydrogens (tertiary/aromatic N) is 1. The number of hydrogen-bond acceptors (Lipinski definition) is 4. The summed E-state index contributed by atoms with van der Waals surface area (Å²) >= 11 is 0. The highest BCUT2D eigenvalue weighted by atomic mass is 16.6. The normalized spacial score (nSPS) is 12.4. The fourth-order valence-corrected chi connectivity index (χ4v) is 2.10. The van der Waals surface area contributed by atoms with Crippen molar-refractivity contribution in [2.75, 3.05) is 13.2 Å². The van der Waals surface area contributed by atoms with E-state index in [0.29, 0.717) is 12.5 Å². The second-order valence-electron chi connectivity index (χ2n) is 4.74. The summed E-state index contributed by atoms with van der Waals surface area (Å²) in [4.78, 5) is 10.5. The topological polar surface area (TPSA) is 75.4 Å². The zero-order valence-electron chi connectivity index (χ0n) is 11.6. The molecule has 0 aromatic heterocycles. The highest BCUT2D eigenvalue weighted by Crippen LogP contribution is 2.20. The molecule has 1 aromatic rings. The SMILES string of the molecule is CCC(CCO)CNCc1cccc([N+](=O)[O-])c1C. The summed E-state index contributed by atoms with van der Waals surface area (Å²) in [7, 11) is 0. The lowest BCUT2D eigenvalue weighted by Crippen LogP contribution is -2.23. The van der Waals surface area contributed by atoms with Gasteiger partial charge in [-0.25, -0.2) is 0 Å². The van der Waals surface area contributed by atoms with Crippen molar-refractivity contribution in [1.82, 2.24) is 5.32 Å². The molecular formula is C14H22N2O3. The van der Waals surface area contributed by atoms with Gasteiger partial charge in [-0.3, -0.25) is 10.1 Å². The first kappa shape index (κ1) is 15.6. The summed E-state index contributed by atoms with van der Waals surface area (Å²) in [5.74, 6) is 0.448. The molecule has 0 heterocycles.